The third-order valence-electron chi connectivity index (χ3n) is 1.26. The first-order chi connectivity index (χ1) is 4.52. The molecule has 1 heteroatoms. The second-order valence-corrected chi connectivity index (χ2v) is 3.35. The summed E-state index contributed by atoms with van der Waals surface area (Å²) in [5.74, 6) is 0.690. The third kappa shape index (κ3) is 5.83. The van der Waals surface area contributed by atoms with Gasteiger partial charge in [0.15, 0.2) is 0 Å². The monoisotopic (exact) mass is 142 g/mol. The van der Waals surface area contributed by atoms with Crippen molar-refractivity contribution in [1.29, 1.82) is 0 Å². The van der Waals surface area contributed by atoms with Gasteiger partial charge in [-0.2, -0.15) is 0 Å². The molecular formula is C9H18O. The van der Waals surface area contributed by atoms with E-state index in [9.17, 15) is 0 Å². The Balaban J connectivity index is 3.71. The van der Waals surface area contributed by atoms with E-state index < -0.39 is 0 Å². The van der Waals surface area contributed by atoms with Crippen LogP contribution in [0.15, 0.2) is 11.6 Å². The number of rotatable bonds is 3. The van der Waals surface area contributed by atoms with Crippen molar-refractivity contribution in [3.8, 4) is 0 Å². The van der Waals surface area contributed by atoms with Crippen LogP contribution < -0.4 is 0 Å². The predicted octanol–water partition coefficient (Wildman–Crippen LogP) is 2.36. The molecule has 0 spiro atoms. The van der Waals surface area contributed by atoms with Crippen molar-refractivity contribution in [2.45, 2.75) is 40.2 Å². The molecular weight excluding hydrogens is 124 g/mol. The SMILES string of the molecule is C/C(=C\C(C)O)CC(C)C. The molecule has 0 rings (SSSR count). The largest absolute Gasteiger partial charge is 0.389 e. The van der Waals surface area contributed by atoms with Gasteiger partial charge in [0.1, 0.15) is 0 Å². The Morgan fingerprint density at radius 3 is 2.20 bits per heavy atom. The highest BCUT2D eigenvalue weighted by Gasteiger charge is 1.96. The molecule has 0 aliphatic rings. The molecule has 0 bridgehead atoms. The lowest BCUT2D eigenvalue weighted by Crippen LogP contribution is -1.96. The van der Waals surface area contributed by atoms with Gasteiger partial charge in [-0.05, 0) is 26.2 Å². The average Bonchev–Trinajstić information content (AvgIpc) is 1.58. The fraction of sp³-hybridized carbons (Fsp3) is 0.778. The first-order valence-corrected chi connectivity index (χ1v) is 3.87. The maximum atomic E-state index is 8.96. The van der Waals surface area contributed by atoms with Gasteiger partial charge in [-0.3, -0.25) is 0 Å². The van der Waals surface area contributed by atoms with E-state index in [1.54, 1.807) is 6.92 Å². The van der Waals surface area contributed by atoms with Gasteiger partial charge >= 0.3 is 0 Å². The molecule has 0 aromatic carbocycles. The molecule has 0 fully saturated rings. The van der Waals surface area contributed by atoms with Gasteiger partial charge in [-0.25, -0.2) is 0 Å². The molecule has 0 radical (unpaired) electrons. The minimum Gasteiger partial charge on any atom is -0.389 e. The summed E-state index contributed by atoms with van der Waals surface area (Å²) in [6, 6.07) is 0. The standard InChI is InChI=1S/C9H18O/c1-7(2)5-8(3)6-9(4)10/h6-7,9-10H,5H2,1-4H3/b8-6+. The van der Waals surface area contributed by atoms with Gasteiger partial charge < -0.3 is 5.11 Å². The second-order valence-electron chi connectivity index (χ2n) is 3.35. The molecule has 0 aliphatic carbocycles. The molecule has 10 heavy (non-hydrogen) atoms. The number of hydrogen-bond acceptors (Lipinski definition) is 1. The summed E-state index contributed by atoms with van der Waals surface area (Å²) in [6.45, 7) is 8.20. The molecule has 0 amide bonds. The summed E-state index contributed by atoms with van der Waals surface area (Å²) in [4.78, 5) is 0. The highest BCUT2D eigenvalue weighted by Crippen LogP contribution is 2.09. The summed E-state index contributed by atoms with van der Waals surface area (Å²) < 4.78 is 0. The van der Waals surface area contributed by atoms with Gasteiger partial charge in [0, 0.05) is 0 Å². The fourth-order valence-electron chi connectivity index (χ4n) is 1.12. The predicted molar refractivity (Wildman–Crippen MR) is 44.9 cm³/mol. The van der Waals surface area contributed by atoms with Crippen LogP contribution in [-0.4, -0.2) is 11.2 Å². The van der Waals surface area contributed by atoms with Crippen LogP contribution in [0.3, 0.4) is 0 Å². The Labute approximate surface area is 63.8 Å². The number of hydrogen-bond donors (Lipinski definition) is 1. The topological polar surface area (TPSA) is 20.2 Å². The molecule has 1 N–H and O–H groups in total. The number of aliphatic hydroxyl groups excluding tert-OH is 1. The van der Waals surface area contributed by atoms with E-state index in [0.717, 1.165) is 6.42 Å². The van der Waals surface area contributed by atoms with Crippen LogP contribution in [0.25, 0.3) is 0 Å². The van der Waals surface area contributed by atoms with E-state index in [1.165, 1.54) is 5.57 Å². The van der Waals surface area contributed by atoms with Gasteiger partial charge in [0.2, 0.25) is 0 Å². The summed E-state index contributed by atoms with van der Waals surface area (Å²) in [5, 5.41) is 8.96. The van der Waals surface area contributed by atoms with Crippen LogP contribution in [-0.2, 0) is 0 Å². The molecule has 0 saturated heterocycles. The lowest BCUT2D eigenvalue weighted by atomic mass is 10.0. The number of aliphatic hydroxyl groups is 1. The van der Waals surface area contributed by atoms with Crippen LogP contribution >= 0.6 is 0 Å². The normalized spacial score (nSPS) is 16.0. The van der Waals surface area contributed by atoms with Crippen LogP contribution in [0.1, 0.15) is 34.1 Å². The third-order valence-corrected chi connectivity index (χ3v) is 1.26. The van der Waals surface area contributed by atoms with E-state index in [2.05, 4.69) is 20.8 Å². The van der Waals surface area contributed by atoms with Crippen LogP contribution in [0.5, 0.6) is 0 Å². The van der Waals surface area contributed by atoms with E-state index >= 15 is 0 Å². The summed E-state index contributed by atoms with van der Waals surface area (Å²) >= 11 is 0. The molecule has 1 atom stereocenters. The van der Waals surface area contributed by atoms with Crippen LogP contribution in [0.4, 0.5) is 0 Å². The highest BCUT2D eigenvalue weighted by atomic mass is 16.3. The quantitative estimate of drug-likeness (QED) is 0.600. The molecule has 0 heterocycles. The van der Waals surface area contributed by atoms with Crippen molar-refractivity contribution >= 4 is 0 Å². The maximum Gasteiger partial charge on any atom is 0.0695 e. The molecule has 0 saturated carbocycles. The zero-order chi connectivity index (χ0) is 8.15. The highest BCUT2D eigenvalue weighted by molar-refractivity contribution is 5.01. The minimum atomic E-state index is -0.293. The van der Waals surface area contributed by atoms with E-state index in [-0.39, 0.29) is 6.10 Å². The van der Waals surface area contributed by atoms with Crippen molar-refractivity contribution in [2.24, 2.45) is 5.92 Å². The van der Waals surface area contributed by atoms with E-state index in [0.29, 0.717) is 5.92 Å². The fourth-order valence-corrected chi connectivity index (χ4v) is 1.12. The lowest BCUT2D eigenvalue weighted by Gasteiger charge is -2.05. The van der Waals surface area contributed by atoms with E-state index in [4.69, 9.17) is 5.11 Å². The smallest absolute Gasteiger partial charge is 0.0695 e. The van der Waals surface area contributed by atoms with Crippen molar-refractivity contribution in [3.63, 3.8) is 0 Å². The lowest BCUT2D eigenvalue weighted by molar-refractivity contribution is 0.242. The maximum absolute atomic E-state index is 8.96. The Morgan fingerprint density at radius 1 is 1.40 bits per heavy atom. The summed E-state index contributed by atoms with van der Waals surface area (Å²) in [6.07, 6.45) is 2.70. The Kier molecular flexibility index (Phi) is 4.37. The molecule has 1 nitrogen and oxygen atoms in total. The first-order valence-electron chi connectivity index (χ1n) is 3.87. The van der Waals surface area contributed by atoms with Crippen LogP contribution in [0, 0.1) is 5.92 Å². The zero-order valence-corrected chi connectivity index (χ0v) is 7.39. The van der Waals surface area contributed by atoms with Gasteiger partial charge in [0.25, 0.3) is 0 Å². The first kappa shape index (κ1) is 9.70. The summed E-state index contributed by atoms with van der Waals surface area (Å²) in [7, 11) is 0. The average molecular weight is 142 g/mol. The molecule has 60 valence electrons. The molecule has 1 unspecified atom stereocenters. The van der Waals surface area contributed by atoms with Crippen molar-refractivity contribution < 1.29 is 5.11 Å². The molecule has 0 aromatic heterocycles. The van der Waals surface area contributed by atoms with Crippen LogP contribution in [0.2, 0.25) is 0 Å². The second kappa shape index (κ2) is 4.51. The molecule has 0 aromatic rings. The summed E-state index contributed by atoms with van der Waals surface area (Å²) in [5.41, 5.74) is 1.28. The Morgan fingerprint density at radius 2 is 1.90 bits per heavy atom. The van der Waals surface area contributed by atoms with Crippen molar-refractivity contribution in [3.05, 3.63) is 11.6 Å². The number of allylic oxidation sites excluding steroid dienone is 1. The zero-order valence-electron chi connectivity index (χ0n) is 7.39. The Hall–Kier alpha value is -0.300. The Bertz CT molecular complexity index is 112. The van der Waals surface area contributed by atoms with Crippen molar-refractivity contribution in [2.75, 3.05) is 0 Å². The molecule has 0 aliphatic heterocycles. The van der Waals surface area contributed by atoms with Gasteiger partial charge in [-0.1, -0.05) is 25.5 Å². The van der Waals surface area contributed by atoms with E-state index in [1.807, 2.05) is 6.08 Å². The minimum absolute atomic E-state index is 0.293. The van der Waals surface area contributed by atoms with Gasteiger partial charge in [-0.15, -0.1) is 0 Å². The van der Waals surface area contributed by atoms with Crippen molar-refractivity contribution in [1.82, 2.24) is 0 Å². The van der Waals surface area contributed by atoms with Gasteiger partial charge in [0.05, 0.1) is 6.10 Å².